The molecule has 1 aliphatic heterocycles. The summed E-state index contributed by atoms with van der Waals surface area (Å²) in [6.07, 6.45) is 1.01. The summed E-state index contributed by atoms with van der Waals surface area (Å²) < 4.78 is 26.9. The predicted molar refractivity (Wildman–Crippen MR) is 97.1 cm³/mol. The molecule has 1 heterocycles. The van der Waals surface area contributed by atoms with Crippen LogP contribution in [0.4, 0.5) is 0 Å². The van der Waals surface area contributed by atoms with Crippen LogP contribution in [-0.2, 0) is 10.0 Å². The van der Waals surface area contributed by atoms with Crippen molar-refractivity contribution in [2.45, 2.75) is 44.2 Å². The first-order valence-corrected chi connectivity index (χ1v) is 9.42. The van der Waals surface area contributed by atoms with Crippen LogP contribution < -0.4 is 15.4 Å². The van der Waals surface area contributed by atoms with Crippen LogP contribution >= 0.6 is 12.4 Å². The maximum absolute atomic E-state index is 12.4. The van der Waals surface area contributed by atoms with E-state index in [0.717, 1.165) is 19.5 Å². The van der Waals surface area contributed by atoms with Crippen molar-refractivity contribution in [1.82, 2.24) is 15.4 Å². The fourth-order valence-corrected chi connectivity index (χ4v) is 3.91. The molecule has 136 valence electrons. The van der Waals surface area contributed by atoms with Crippen molar-refractivity contribution in [1.29, 1.82) is 0 Å². The molecule has 1 amide bonds. The molecule has 8 heteroatoms. The Morgan fingerprint density at radius 1 is 1.33 bits per heavy atom. The standard InChI is InChI=1S/C16H25N3O3S.ClH/c1-11(2)19-23(21,22)14-6-4-5-13(9-14)16(20)18-15-10-17-8-7-12(15)3;/h4-6,9,11-12,15,17,19H,7-8,10H2,1-3H3,(H,18,20);1H. The van der Waals surface area contributed by atoms with Gasteiger partial charge in [0.2, 0.25) is 10.0 Å². The molecule has 0 saturated carbocycles. The number of hydrogen-bond acceptors (Lipinski definition) is 4. The van der Waals surface area contributed by atoms with E-state index in [1.54, 1.807) is 26.0 Å². The molecule has 0 spiro atoms. The smallest absolute Gasteiger partial charge is 0.251 e. The minimum Gasteiger partial charge on any atom is -0.348 e. The monoisotopic (exact) mass is 375 g/mol. The summed E-state index contributed by atoms with van der Waals surface area (Å²) in [6, 6.07) is 5.99. The molecule has 1 saturated heterocycles. The Kier molecular flexibility index (Phi) is 7.66. The van der Waals surface area contributed by atoms with Crippen molar-refractivity contribution in [2.24, 2.45) is 5.92 Å². The van der Waals surface area contributed by atoms with E-state index in [4.69, 9.17) is 0 Å². The van der Waals surface area contributed by atoms with Crippen molar-refractivity contribution in [3.8, 4) is 0 Å². The second-order valence-electron chi connectivity index (χ2n) is 6.35. The fourth-order valence-electron chi connectivity index (χ4n) is 2.62. The molecule has 6 nitrogen and oxygen atoms in total. The third kappa shape index (κ3) is 5.44. The SMILES string of the molecule is CC(C)NS(=O)(=O)c1cccc(C(=O)NC2CNCCC2C)c1.Cl. The van der Waals surface area contributed by atoms with Gasteiger partial charge in [0.05, 0.1) is 4.90 Å². The van der Waals surface area contributed by atoms with Crippen LogP contribution in [0.25, 0.3) is 0 Å². The van der Waals surface area contributed by atoms with E-state index in [2.05, 4.69) is 22.3 Å². The number of rotatable bonds is 5. The maximum atomic E-state index is 12.4. The predicted octanol–water partition coefficient (Wildman–Crippen LogP) is 1.52. The number of hydrogen-bond donors (Lipinski definition) is 3. The first-order valence-electron chi connectivity index (χ1n) is 7.93. The molecular formula is C16H26ClN3O3S. The van der Waals surface area contributed by atoms with Crippen LogP contribution in [0, 0.1) is 5.92 Å². The van der Waals surface area contributed by atoms with Gasteiger partial charge in [-0.2, -0.15) is 0 Å². The Labute approximate surface area is 150 Å². The van der Waals surface area contributed by atoms with E-state index < -0.39 is 10.0 Å². The Morgan fingerprint density at radius 2 is 2.04 bits per heavy atom. The van der Waals surface area contributed by atoms with E-state index in [1.807, 2.05) is 0 Å². The lowest BCUT2D eigenvalue weighted by Crippen LogP contribution is -2.50. The largest absolute Gasteiger partial charge is 0.348 e. The molecule has 0 aromatic heterocycles. The zero-order valence-electron chi connectivity index (χ0n) is 14.2. The van der Waals surface area contributed by atoms with Gasteiger partial charge in [-0.25, -0.2) is 13.1 Å². The Morgan fingerprint density at radius 3 is 2.67 bits per heavy atom. The minimum atomic E-state index is -3.60. The van der Waals surface area contributed by atoms with Crippen molar-refractivity contribution in [3.63, 3.8) is 0 Å². The van der Waals surface area contributed by atoms with Gasteiger partial charge in [-0.3, -0.25) is 4.79 Å². The zero-order chi connectivity index (χ0) is 17.0. The van der Waals surface area contributed by atoms with E-state index in [1.165, 1.54) is 12.1 Å². The highest BCUT2D eigenvalue weighted by Gasteiger charge is 2.24. The summed E-state index contributed by atoms with van der Waals surface area (Å²) >= 11 is 0. The Hall–Kier alpha value is -1.15. The highest BCUT2D eigenvalue weighted by atomic mass is 35.5. The van der Waals surface area contributed by atoms with Gasteiger partial charge in [-0.15, -0.1) is 12.4 Å². The molecule has 2 rings (SSSR count). The lowest BCUT2D eigenvalue weighted by molar-refractivity contribution is 0.0915. The highest BCUT2D eigenvalue weighted by Crippen LogP contribution is 2.15. The summed E-state index contributed by atoms with van der Waals surface area (Å²) in [4.78, 5) is 12.5. The number of nitrogens with one attached hydrogen (secondary N) is 3. The van der Waals surface area contributed by atoms with Gasteiger partial charge in [0.15, 0.2) is 0 Å². The van der Waals surface area contributed by atoms with Crippen LogP contribution in [0.2, 0.25) is 0 Å². The van der Waals surface area contributed by atoms with Crippen LogP contribution in [0.3, 0.4) is 0 Å². The van der Waals surface area contributed by atoms with Crippen molar-refractivity contribution in [3.05, 3.63) is 29.8 Å². The molecule has 2 atom stereocenters. The maximum Gasteiger partial charge on any atom is 0.251 e. The molecule has 0 radical (unpaired) electrons. The highest BCUT2D eigenvalue weighted by molar-refractivity contribution is 7.89. The second-order valence-corrected chi connectivity index (χ2v) is 8.07. The normalized spacial score (nSPS) is 21.2. The van der Waals surface area contributed by atoms with E-state index in [0.29, 0.717) is 11.5 Å². The van der Waals surface area contributed by atoms with E-state index in [9.17, 15) is 13.2 Å². The fraction of sp³-hybridized carbons (Fsp3) is 0.562. The van der Waals surface area contributed by atoms with Crippen LogP contribution in [0.15, 0.2) is 29.2 Å². The molecule has 2 unspecified atom stereocenters. The third-order valence-corrected chi connectivity index (χ3v) is 5.60. The van der Waals surface area contributed by atoms with Gasteiger partial charge in [-0.1, -0.05) is 13.0 Å². The van der Waals surface area contributed by atoms with Crippen LogP contribution in [-0.4, -0.2) is 39.5 Å². The van der Waals surface area contributed by atoms with Crippen molar-refractivity contribution < 1.29 is 13.2 Å². The number of carbonyl (C=O) groups excluding carboxylic acids is 1. The van der Waals surface area contributed by atoms with E-state index >= 15 is 0 Å². The van der Waals surface area contributed by atoms with Crippen LogP contribution in [0.1, 0.15) is 37.6 Å². The second kappa shape index (κ2) is 8.80. The number of benzene rings is 1. The minimum absolute atomic E-state index is 0. The molecule has 0 bridgehead atoms. The van der Waals surface area contributed by atoms with Gasteiger partial charge in [0, 0.05) is 24.2 Å². The zero-order valence-corrected chi connectivity index (χ0v) is 15.8. The van der Waals surface area contributed by atoms with E-state index in [-0.39, 0.29) is 35.3 Å². The first kappa shape index (κ1) is 20.9. The number of carbonyl (C=O) groups is 1. The van der Waals surface area contributed by atoms with Gasteiger partial charge in [0.1, 0.15) is 0 Å². The van der Waals surface area contributed by atoms with Gasteiger partial charge < -0.3 is 10.6 Å². The topological polar surface area (TPSA) is 87.3 Å². The molecule has 1 fully saturated rings. The third-order valence-electron chi connectivity index (χ3n) is 3.94. The summed E-state index contributed by atoms with van der Waals surface area (Å²) in [5.74, 6) is 0.155. The Bertz CT molecular complexity index is 664. The molecule has 1 aromatic rings. The van der Waals surface area contributed by atoms with Gasteiger partial charge >= 0.3 is 0 Å². The number of piperidine rings is 1. The van der Waals surface area contributed by atoms with Crippen LogP contribution in [0.5, 0.6) is 0 Å². The first-order chi connectivity index (χ1) is 10.8. The summed E-state index contributed by atoms with van der Waals surface area (Å²) in [5, 5.41) is 6.25. The molecule has 1 aliphatic rings. The average Bonchev–Trinajstić information content (AvgIpc) is 2.48. The number of sulfonamides is 1. The molecule has 3 N–H and O–H groups in total. The lowest BCUT2D eigenvalue weighted by Gasteiger charge is -2.30. The molecule has 1 aromatic carbocycles. The Balaban J connectivity index is 0.00000288. The summed E-state index contributed by atoms with van der Waals surface area (Å²) in [6.45, 7) is 7.32. The molecule has 0 aliphatic carbocycles. The molecular weight excluding hydrogens is 350 g/mol. The van der Waals surface area contributed by atoms with Gasteiger partial charge in [-0.05, 0) is 50.9 Å². The molecule has 24 heavy (non-hydrogen) atoms. The summed E-state index contributed by atoms with van der Waals surface area (Å²) in [5.41, 5.74) is 0.356. The van der Waals surface area contributed by atoms with Crippen molar-refractivity contribution >= 4 is 28.3 Å². The number of amides is 1. The van der Waals surface area contributed by atoms with Crippen molar-refractivity contribution in [2.75, 3.05) is 13.1 Å². The summed E-state index contributed by atoms with van der Waals surface area (Å²) in [7, 11) is -3.60. The van der Waals surface area contributed by atoms with Gasteiger partial charge in [0.25, 0.3) is 5.91 Å². The average molecular weight is 376 g/mol. The number of halogens is 1. The quantitative estimate of drug-likeness (QED) is 0.728. The lowest BCUT2D eigenvalue weighted by atomic mass is 9.94.